The average Bonchev–Trinajstić information content (AvgIpc) is 2.42. The molecule has 0 bridgehead atoms. The van der Waals surface area contributed by atoms with Crippen LogP contribution in [0, 0.1) is 6.92 Å². The zero-order valence-corrected chi connectivity index (χ0v) is 12.9. The van der Waals surface area contributed by atoms with Gasteiger partial charge in [-0.1, -0.05) is 6.07 Å². The van der Waals surface area contributed by atoms with Crippen LogP contribution in [-0.2, 0) is 0 Å². The summed E-state index contributed by atoms with van der Waals surface area (Å²) in [5.41, 5.74) is 4.87. The second-order valence-corrected chi connectivity index (χ2v) is 5.38. The van der Waals surface area contributed by atoms with Gasteiger partial charge in [-0.15, -0.1) is 0 Å². The Balaban J connectivity index is 2.47. The number of nitrogens with one attached hydrogen (secondary N) is 2. The normalized spacial score (nSPS) is 10.9. The first-order valence-electron chi connectivity index (χ1n) is 7.01. The van der Waals surface area contributed by atoms with Crippen LogP contribution in [0.4, 0.5) is 5.69 Å². The molecule has 0 saturated heterocycles. The standard InChI is InChI=1S/C15H26N4O/c1-11(2)19(4)9-5-8-17-15(20)13-7-6-12(3)10-14(13)18-16/h6-7,10-11,18H,5,8-9,16H2,1-4H3,(H,17,20). The lowest BCUT2D eigenvalue weighted by Gasteiger charge is -2.20. The minimum absolute atomic E-state index is 0.0925. The molecule has 0 spiro atoms. The van der Waals surface area contributed by atoms with Gasteiger partial charge in [-0.3, -0.25) is 10.6 Å². The minimum atomic E-state index is -0.0925. The van der Waals surface area contributed by atoms with E-state index in [1.807, 2.05) is 19.1 Å². The molecule has 0 saturated carbocycles. The molecule has 0 aliphatic carbocycles. The van der Waals surface area contributed by atoms with Crippen molar-refractivity contribution in [2.45, 2.75) is 33.2 Å². The first kappa shape index (κ1) is 16.5. The van der Waals surface area contributed by atoms with Gasteiger partial charge >= 0.3 is 0 Å². The van der Waals surface area contributed by atoms with E-state index in [0.29, 0.717) is 23.8 Å². The summed E-state index contributed by atoms with van der Waals surface area (Å²) >= 11 is 0. The lowest BCUT2D eigenvalue weighted by atomic mass is 10.1. The molecule has 1 amide bonds. The monoisotopic (exact) mass is 278 g/mol. The molecule has 0 fully saturated rings. The molecule has 4 N–H and O–H groups in total. The molecule has 0 aliphatic heterocycles. The first-order chi connectivity index (χ1) is 9.45. The first-order valence-corrected chi connectivity index (χ1v) is 7.01. The molecule has 5 heteroatoms. The number of nitrogens with zero attached hydrogens (tertiary/aromatic N) is 1. The highest BCUT2D eigenvalue weighted by atomic mass is 16.1. The van der Waals surface area contributed by atoms with Gasteiger partial charge in [0, 0.05) is 12.6 Å². The zero-order valence-electron chi connectivity index (χ0n) is 12.9. The predicted octanol–water partition coefficient (Wildman–Crippen LogP) is 1.74. The van der Waals surface area contributed by atoms with E-state index >= 15 is 0 Å². The van der Waals surface area contributed by atoms with E-state index in [4.69, 9.17) is 5.84 Å². The fourth-order valence-electron chi connectivity index (χ4n) is 1.86. The summed E-state index contributed by atoms with van der Waals surface area (Å²) in [5.74, 6) is 5.36. The molecule has 0 aromatic heterocycles. The molecule has 1 aromatic carbocycles. The Morgan fingerprint density at radius 1 is 1.40 bits per heavy atom. The van der Waals surface area contributed by atoms with Gasteiger partial charge in [0.15, 0.2) is 0 Å². The smallest absolute Gasteiger partial charge is 0.253 e. The molecule has 1 rings (SSSR count). The predicted molar refractivity (Wildman–Crippen MR) is 83.7 cm³/mol. The molecule has 0 atom stereocenters. The Hall–Kier alpha value is -1.59. The van der Waals surface area contributed by atoms with Crippen LogP contribution in [0.15, 0.2) is 18.2 Å². The topological polar surface area (TPSA) is 70.4 Å². The summed E-state index contributed by atoms with van der Waals surface area (Å²) < 4.78 is 0. The van der Waals surface area contributed by atoms with E-state index in [9.17, 15) is 4.79 Å². The fraction of sp³-hybridized carbons (Fsp3) is 0.533. The Morgan fingerprint density at radius 2 is 2.10 bits per heavy atom. The number of nitrogen functional groups attached to an aromatic ring is 1. The molecular weight excluding hydrogens is 252 g/mol. The number of carbonyl (C=O) groups excluding carboxylic acids is 1. The minimum Gasteiger partial charge on any atom is -0.352 e. The number of aryl methyl sites for hydroxylation is 1. The Morgan fingerprint density at radius 3 is 2.70 bits per heavy atom. The highest BCUT2D eigenvalue weighted by molar-refractivity contribution is 5.99. The second kappa shape index (κ2) is 7.87. The lowest BCUT2D eigenvalue weighted by molar-refractivity contribution is 0.0952. The summed E-state index contributed by atoms with van der Waals surface area (Å²) in [6.07, 6.45) is 0.928. The SMILES string of the molecule is Cc1ccc(C(=O)NCCCN(C)C(C)C)c(NN)c1. The molecular formula is C15H26N4O. The maximum absolute atomic E-state index is 12.1. The van der Waals surface area contributed by atoms with Crippen LogP contribution in [0.1, 0.15) is 36.2 Å². The third-order valence-corrected chi connectivity index (χ3v) is 3.43. The lowest BCUT2D eigenvalue weighted by Crippen LogP contribution is -2.31. The van der Waals surface area contributed by atoms with Crippen LogP contribution in [0.25, 0.3) is 0 Å². The van der Waals surface area contributed by atoms with Crippen molar-refractivity contribution in [3.8, 4) is 0 Å². The van der Waals surface area contributed by atoms with Gasteiger partial charge in [0.25, 0.3) is 5.91 Å². The third kappa shape index (κ3) is 4.83. The number of hydrazine groups is 1. The summed E-state index contributed by atoms with van der Waals surface area (Å²) in [5, 5.41) is 2.93. The van der Waals surface area contributed by atoms with Gasteiger partial charge in [-0.25, -0.2) is 0 Å². The van der Waals surface area contributed by atoms with Crippen molar-refractivity contribution in [2.24, 2.45) is 5.84 Å². The Labute approximate surface area is 121 Å². The number of hydrogen-bond donors (Lipinski definition) is 3. The van der Waals surface area contributed by atoms with E-state index in [0.717, 1.165) is 18.5 Å². The molecule has 5 nitrogen and oxygen atoms in total. The summed E-state index contributed by atoms with van der Waals surface area (Å²) in [6, 6.07) is 6.08. The van der Waals surface area contributed by atoms with E-state index in [2.05, 4.69) is 36.5 Å². The van der Waals surface area contributed by atoms with E-state index in [1.54, 1.807) is 6.07 Å². The fourth-order valence-corrected chi connectivity index (χ4v) is 1.86. The van der Waals surface area contributed by atoms with E-state index in [-0.39, 0.29) is 5.91 Å². The van der Waals surface area contributed by atoms with Crippen LogP contribution in [0.2, 0.25) is 0 Å². The van der Waals surface area contributed by atoms with Crippen molar-refractivity contribution >= 4 is 11.6 Å². The molecule has 0 aliphatic rings. The van der Waals surface area contributed by atoms with Crippen LogP contribution in [0.3, 0.4) is 0 Å². The number of rotatable bonds is 7. The van der Waals surface area contributed by atoms with Crippen LogP contribution < -0.4 is 16.6 Å². The number of carbonyl (C=O) groups is 1. The highest BCUT2D eigenvalue weighted by Gasteiger charge is 2.10. The van der Waals surface area contributed by atoms with Crippen molar-refractivity contribution in [3.05, 3.63) is 29.3 Å². The van der Waals surface area contributed by atoms with Gasteiger partial charge in [-0.05, 0) is 58.5 Å². The largest absolute Gasteiger partial charge is 0.352 e. The number of hydrogen-bond acceptors (Lipinski definition) is 4. The number of anilines is 1. The number of benzene rings is 1. The van der Waals surface area contributed by atoms with Crippen molar-refractivity contribution in [1.29, 1.82) is 0 Å². The molecule has 20 heavy (non-hydrogen) atoms. The van der Waals surface area contributed by atoms with Crippen molar-refractivity contribution in [3.63, 3.8) is 0 Å². The molecule has 0 unspecified atom stereocenters. The van der Waals surface area contributed by atoms with Crippen molar-refractivity contribution in [2.75, 3.05) is 25.6 Å². The van der Waals surface area contributed by atoms with E-state index < -0.39 is 0 Å². The maximum Gasteiger partial charge on any atom is 0.253 e. The van der Waals surface area contributed by atoms with Gasteiger partial charge < -0.3 is 15.6 Å². The second-order valence-electron chi connectivity index (χ2n) is 5.38. The van der Waals surface area contributed by atoms with Crippen molar-refractivity contribution < 1.29 is 4.79 Å². The summed E-state index contributed by atoms with van der Waals surface area (Å²) in [6.45, 7) is 7.90. The Bertz CT molecular complexity index is 445. The van der Waals surface area contributed by atoms with Gasteiger partial charge in [0.05, 0.1) is 11.3 Å². The molecule has 0 heterocycles. The number of amides is 1. The summed E-state index contributed by atoms with van der Waals surface area (Å²) in [7, 11) is 2.09. The van der Waals surface area contributed by atoms with Gasteiger partial charge in [0.2, 0.25) is 0 Å². The van der Waals surface area contributed by atoms with Gasteiger partial charge in [-0.2, -0.15) is 0 Å². The summed E-state index contributed by atoms with van der Waals surface area (Å²) in [4.78, 5) is 14.3. The molecule has 1 aromatic rings. The van der Waals surface area contributed by atoms with Crippen LogP contribution >= 0.6 is 0 Å². The molecule has 0 radical (unpaired) electrons. The van der Waals surface area contributed by atoms with Crippen LogP contribution in [-0.4, -0.2) is 37.0 Å². The quantitative estimate of drug-likeness (QED) is 0.404. The van der Waals surface area contributed by atoms with Crippen LogP contribution in [0.5, 0.6) is 0 Å². The maximum atomic E-state index is 12.1. The zero-order chi connectivity index (χ0) is 15.1. The highest BCUT2D eigenvalue weighted by Crippen LogP contribution is 2.16. The Kier molecular flexibility index (Phi) is 6.48. The van der Waals surface area contributed by atoms with Crippen molar-refractivity contribution in [1.82, 2.24) is 10.2 Å². The molecule has 112 valence electrons. The van der Waals surface area contributed by atoms with Gasteiger partial charge in [0.1, 0.15) is 0 Å². The number of nitrogens with two attached hydrogens (primary N) is 1. The van der Waals surface area contributed by atoms with E-state index in [1.165, 1.54) is 0 Å². The average molecular weight is 278 g/mol. The third-order valence-electron chi connectivity index (χ3n) is 3.43.